The minimum Gasteiger partial charge on any atom is -0.465 e. The van der Waals surface area contributed by atoms with Crippen LogP contribution in [-0.2, 0) is 25.5 Å². The van der Waals surface area contributed by atoms with Gasteiger partial charge in [0.15, 0.2) is 0 Å². The lowest BCUT2D eigenvalue weighted by molar-refractivity contribution is -0.155. The van der Waals surface area contributed by atoms with Crippen molar-refractivity contribution in [3.8, 4) is 0 Å². The molecule has 4 heterocycles. The van der Waals surface area contributed by atoms with Gasteiger partial charge >= 0.3 is 5.97 Å². The van der Waals surface area contributed by atoms with Gasteiger partial charge in [0.25, 0.3) is 0 Å². The molecule has 1 aromatic carbocycles. The van der Waals surface area contributed by atoms with E-state index in [-0.39, 0.29) is 37.0 Å². The number of fused-ring (bicyclic) bond motifs is 2. The molecule has 1 aromatic rings. The number of nitrogens with zero attached hydrogens (tertiary/aromatic N) is 2. The molecule has 7 nitrogen and oxygen atoms in total. The SMILES string of the molecule is C[C@]12C=CCCOC(=O)[C@H]1[C@H]1C(=O)N([C@@H](CO)Cc3ccccc3)C3C(=O)N(C4CCCCC4)CC=C[C@@]31S2. The van der Waals surface area contributed by atoms with Crippen LogP contribution < -0.4 is 0 Å². The third-order valence-electron chi connectivity index (χ3n) is 9.42. The lowest BCUT2D eigenvalue weighted by Crippen LogP contribution is -2.58. The average molecular weight is 551 g/mol. The maximum Gasteiger partial charge on any atom is 0.311 e. The Labute approximate surface area is 234 Å². The summed E-state index contributed by atoms with van der Waals surface area (Å²) in [5.41, 5.74) is 0.988. The molecule has 1 N–H and O–H groups in total. The second-order valence-corrected chi connectivity index (χ2v) is 13.6. The summed E-state index contributed by atoms with van der Waals surface area (Å²) in [4.78, 5) is 46.4. The second-order valence-electron chi connectivity index (χ2n) is 11.8. The van der Waals surface area contributed by atoms with E-state index in [9.17, 15) is 19.5 Å². The number of hydrogen-bond acceptors (Lipinski definition) is 6. The lowest BCUT2D eigenvalue weighted by Gasteiger charge is -2.42. The summed E-state index contributed by atoms with van der Waals surface area (Å²) >= 11 is 1.57. The quantitative estimate of drug-likeness (QED) is 0.446. The first-order valence-electron chi connectivity index (χ1n) is 14.4. The summed E-state index contributed by atoms with van der Waals surface area (Å²) < 4.78 is 4.04. The molecule has 208 valence electrons. The van der Waals surface area contributed by atoms with Crippen molar-refractivity contribution in [3.05, 3.63) is 60.2 Å². The zero-order valence-corrected chi connectivity index (χ0v) is 23.4. The number of ether oxygens (including phenoxy) is 1. The van der Waals surface area contributed by atoms with Gasteiger partial charge in [0, 0.05) is 17.3 Å². The number of carbonyl (C=O) groups is 3. The van der Waals surface area contributed by atoms with E-state index < -0.39 is 33.4 Å². The number of cyclic esters (lactones) is 1. The molecule has 3 fully saturated rings. The number of aliphatic hydroxyl groups is 1. The predicted octanol–water partition coefficient (Wildman–Crippen LogP) is 3.51. The molecular formula is C31H38N2O5S. The van der Waals surface area contributed by atoms with Crippen LogP contribution >= 0.6 is 11.8 Å². The zero-order chi connectivity index (χ0) is 27.2. The number of carbonyl (C=O) groups excluding carboxylic acids is 3. The number of likely N-dealkylation sites (tertiary alicyclic amines) is 1. The first kappa shape index (κ1) is 26.6. The highest BCUT2D eigenvalue weighted by Crippen LogP contribution is 2.65. The predicted molar refractivity (Wildman–Crippen MR) is 150 cm³/mol. The van der Waals surface area contributed by atoms with Crippen molar-refractivity contribution in [1.82, 2.24) is 9.80 Å². The molecule has 1 aliphatic carbocycles. The number of benzene rings is 1. The van der Waals surface area contributed by atoms with Gasteiger partial charge < -0.3 is 19.6 Å². The lowest BCUT2D eigenvalue weighted by atomic mass is 9.74. The average Bonchev–Trinajstić information content (AvgIpc) is 3.26. The third-order valence-corrected chi connectivity index (χ3v) is 11.2. The van der Waals surface area contributed by atoms with Crippen LogP contribution in [0.25, 0.3) is 0 Å². The van der Waals surface area contributed by atoms with Crippen molar-refractivity contribution in [1.29, 1.82) is 0 Å². The molecule has 1 saturated carbocycles. The zero-order valence-electron chi connectivity index (χ0n) is 22.5. The van der Waals surface area contributed by atoms with Gasteiger partial charge in [-0.15, -0.1) is 11.8 Å². The van der Waals surface area contributed by atoms with Gasteiger partial charge in [-0.05, 0) is 38.2 Å². The van der Waals surface area contributed by atoms with E-state index >= 15 is 0 Å². The number of amides is 2. The summed E-state index contributed by atoms with van der Waals surface area (Å²) in [6.07, 6.45) is 14.6. The van der Waals surface area contributed by atoms with Crippen molar-refractivity contribution in [2.75, 3.05) is 19.8 Å². The number of hydrogen-bond donors (Lipinski definition) is 1. The highest BCUT2D eigenvalue weighted by Gasteiger charge is 2.74. The summed E-state index contributed by atoms with van der Waals surface area (Å²) in [5.74, 6) is -2.12. The Morgan fingerprint density at radius 1 is 1.03 bits per heavy atom. The molecule has 39 heavy (non-hydrogen) atoms. The molecule has 5 aliphatic rings. The number of thioether (sulfide) groups is 1. The summed E-state index contributed by atoms with van der Waals surface area (Å²) in [6, 6.07) is 8.53. The highest BCUT2D eigenvalue weighted by molar-refractivity contribution is 8.02. The minimum atomic E-state index is -0.922. The van der Waals surface area contributed by atoms with E-state index in [1.807, 2.05) is 54.3 Å². The molecule has 1 spiro atoms. The smallest absolute Gasteiger partial charge is 0.311 e. The molecule has 6 rings (SSSR count). The fourth-order valence-electron chi connectivity index (χ4n) is 7.70. The Hall–Kier alpha value is -2.58. The topological polar surface area (TPSA) is 87.1 Å². The van der Waals surface area contributed by atoms with E-state index in [0.717, 1.165) is 31.2 Å². The van der Waals surface area contributed by atoms with Gasteiger partial charge in [0.05, 0.1) is 35.8 Å². The molecule has 0 radical (unpaired) electrons. The van der Waals surface area contributed by atoms with Crippen molar-refractivity contribution >= 4 is 29.5 Å². The Morgan fingerprint density at radius 2 is 1.79 bits per heavy atom. The Morgan fingerprint density at radius 3 is 2.54 bits per heavy atom. The Bertz CT molecular complexity index is 1180. The standard InChI is InChI=1S/C31H38N2O5S/c1-30-15-8-9-18-38-29(37)25(30)24-27(35)33(23(20-34)19-21-11-4-2-5-12-21)26-28(36)32(22-13-6-3-7-14-22)17-10-16-31(24,26)39-30/h2,4-5,8,10-12,15-16,22-26,34H,3,6-7,9,13-14,17-20H2,1H3/t23-,24+,25-,26?,30+,31+/m1/s1. The van der Waals surface area contributed by atoms with Crippen molar-refractivity contribution in [2.24, 2.45) is 11.8 Å². The third kappa shape index (κ3) is 4.34. The van der Waals surface area contributed by atoms with Gasteiger partial charge in [-0.2, -0.15) is 0 Å². The fourth-order valence-corrected chi connectivity index (χ4v) is 9.84. The fraction of sp³-hybridized carbons (Fsp3) is 0.581. The van der Waals surface area contributed by atoms with E-state index in [1.165, 1.54) is 6.42 Å². The monoisotopic (exact) mass is 550 g/mol. The van der Waals surface area contributed by atoms with Crippen LogP contribution in [0.3, 0.4) is 0 Å². The molecule has 1 unspecified atom stereocenters. The second kappa shape index (κ2) is 10.4. The molecule has 8 heteroatoms. The van der Waals surface area contributed by atoms with Crippen LogP contribution in [0.5, 0.6) is 0 Å². The molecule has 0 bridgehead atoms. The highest BCUT2D eigenvalue weighted by atomic mass is 32.2. The number of rotatable bonds is 5. The summed E-state index contributed by atoms with van der Waals surface area (Å²) in [7, 11) is 0. The molecule has 6 atom stereocenters. The molecule has 2 amide bonds. The largest absolute Gasteiger partial charge is 0.465 e. The van der Waals surface area contributed by atoms with Crippen molar-refractivity contribution < 1.29 is 24.2 Å². The maximum absolute atomic E-state index is 14.7. The normalized spacial score (nSPS) is 35.5. The van der Waals surface area contributed by atoms with Gasteiger partial charge in [0.1, 0.15) is 6.04 Å². The van der Waals surface area contributed by atoms with Gasteiger partial charge in [-0.3, -0.25) is 14.4 Å². The Balaban J connectivity index is 1.47. The van der Waals surface area contributed by atoms with E-state index in [1.54, 1.807) is 16.7 Å². The number of esters is 1. The van der Waals surface area contributed by atoms with Crippen LogP contribution in [-0.4, -0.2) is 80.1 Å². The van der Waals surface area contributed by atoms with Crippen LogP contribution in [0.15, 0.2) is 54.6 Å². The van der Waals surface area contributed by atoms with Crippen molar-refractivity contribution in [3.63, 3.8) is 0 Å². The van der Waals surface area contributed by atoms with Crippen LogP contribution in [0.2, 0.25) is 0 Å². The van der Waals surface area contributed by atoms with Crippen molar-refractivity contribution in [2.45, 2.75) is 79.5 Å². The Kier molecular flexibility index (Phi) is 7.12. The van der Waals surface area contributed by atoms with E-state index in [2.05, 4.69) is 12.2 Å². The number of aliphatic hydroxyl groups excluding tert-OH is 1. The van der Waals surface area contributed by atoms with Crippen LogP contribution in [0.4, 0.5) is 0 Å². The minimum absolute atomic E-state index is 0.0584. The maximum atomic E-state index is 14.7. The van der Waals surface area contributed by atoms with Crippen LogP contribution in [0, 0.1) is 11.8 Å². The summed E-state index contributed by atoms with van der Waals surface area (Å²) in [5, 5.41) is 10.7. The van der Waals surface area contributed by atoms with Gasteiger partial charge in [-0.1, -0.05) is 73.9 Å². The van der Waals surface area contributed by atoms with Gasteiger partial charge in [-0.25, -0.2) is 0 Å². The molecule has 2 saturated heterocycles. The molecule has 0 aromatic heterocycles. The van der Waals surface area contributed by atoms with E-state index in [0.29, 0.717) is 19.4 Å². The van der Waals surface area contributed by atoms with Gasteiger partial charge in [0.2, 0.25) is 11.8 Å². The molecule has 4 aliphatic heterocycles. The molecular weight excluding hydrogens is 512 g/mol. The first-order chi connectivity index (χ1) is 18.9. The first-order valence-corrected chi connectivity index (χ1v) is 15.2. The van der Waals surface area contributed by atoms with E-state index in [4.69, 9.17) is 4.74 Å². The van der Waals surface area contributed by atoms with Crippen LogP contribution in [0.1, 0.15) is 51.0 Å². The summed E-state index contributed by atoms with van der Waals surface area (Å²) in [6.45, 7) is 2.52.